The molecule has 5 heteroatoms. The zero-order valence-corrected chi connectivity index (χ0v) is 8.20. The van der Waals surface area contributed by atoms with Crippen molar-refractivity contribution in [3.8, 4) is 5.75 Å². The number of aliphatic carboxylic acids is 1. The van der Waals surface area contributed by atoms with Crippen LogP contribution in [0.5, 0.6) is 5.75 Å². The molecule has 1 rings (SSSR count). The molecule has 0 amide bonds. The Hall–Kier alpha value is -1.26. The molecule has 0 fully saturated rings. The van der Waals surface area contributed by atoms with Crippen molar-refractivity contribution in [1.82, 2.24) is 0 Å². The van der Waals surface area contributed by atoms with E-state index in [0.29, 0.717) is 0 Å². The van der Waals surface area contributed by atoms with Crippen LogP contribution in [-0.4, -0.2) is 22.2 Å². The molecule has 0 saturated heterocycles. The maximum absolute atomic E-state index is 10.4. The van der Waals surface area contributed by atoms with Crippen LogP contribution in [0.1, 0.15) is 5.56 Å². The van der Waals surface area contributed by atoms with Crippen molar-refractivity contribution in [2.75, 3.05) is 0 Å². The van der Waals surface area contributed by atoms with Crippen LogP contribution in [0, 0.1) is 0 Å². The highest BCUT2D eigenvalue weighted by Gasteiger charge is 2.11. The van der Waals surface area contributed by atoms with Gasteiger partial charge in [-0.2, -0.15) is 0 Å². The van der Waals surface area contributed by atoms with E-state index in [-0.39, 0.29) is 24.6 Å². The maximum Gasteiger partial charge on any atom is 0.320 e. The number of hydrogen-bond donors (Lipinski definition) is 3. The van der Waals surface area contributed by atoms with Gasteiger partial charge in [0.2, 0.25) is 0 Å². The first kappa shape index (κ1) is 12.7. The summed E-state index contributed by atoms with van der Waals surface area (Å²) >= 11 is 0. The highest BCUT2D eigenvalue weighted by Crippen LogP contribution is 2.10. The second-order valence-electron chi connectivity index (χ2n) is 2.82. The summed E-state index contributed by atoms with van der Waals surface area (Å²) in [4.78, 5) is 10.4. The predicted molar refractivity (Wildman–Crippen MR) is 54.7 cm³/mol. The van der Waals surface area contributed by atoms with Crippen molar-refractivity contribution >= 4 is 18.4 Å². The average Bonchev–Trinajstić information content (AvgIpc) is 2.08. The number of carboxylic acids is 1. The summed E-state index contributed by atoms with van der Waals surface area (Å²) in [5, 5.41) is 17.5. The van der Waals surface area contributed by atoms with E-state index >= 15 is 0 Å². The lowest BCUT2D eigenvalue weighted by molar-refractivity contribution is -0.138. The summed E-state index contributed by atoms with van der Waals surface area (Å²) in [7, 11) is 0. The Kier molecular flexibility index (Phi) is 4.97. The summed E-state index contributed by atoms with van der Waals surface area (Å²) in [6.45, 7) is 0. The van der Waals surface area contributed by atoms with E-state index in [2.05, 4.69) is 0 Å². The van der Waals surface area contributed by atoms with Gasteiger partial charge in [0.1, 0.15) is 11.8 Å². The Bertz CT molecular complexity index is 299. The van der Waals surface area contributed by atoms with Crippen LogP contribution in [0.4, 0.5) is 0 Å². The average molecular weight is 218 g/mol. The van der Waals surface area contributed by atoms with E-state index in [0.717, 1.165) is 5.56 Å². The van der Waals surface area contributed by atoms with Crippen molar-refractivity contribution in [3.63, 3.8) is 0 Å². The molecule has 0 aliphatic rings. The molecular weight excluding hydrogens is 206 g/mol. The fraction of sp³-hybridized carbons (Fsp3) is 0.222. The number of aromatic hydroxyl groups is 1. The summed E-state index contributed by atoms with van der Waals surface area (Å²) in [5.41, 5.74) is 6.12. The monoisotopic (exact) mass is 217 g/mol. The summed E-state index contributed by atoms with van der Waals surface area (Å²) in [5.74, 6) is -0.860. The molecule has 0 bridgehead atoms. The Balaban J connectivity index is 0.00000169. The van der Waals surface area contributed by atoms with Gasteiger partial charge in [0.25, 0.3) is 0 Å². The van der Waals surface area contributed by atoms with Crippen LogP contribution in [-0.2, 0) is 11.2 Å². The Morgan fingerprint density at radius 3 is 2.29 bits per heavy atom. The number of rotatable bonds is 3. The molecule has 0 heterocycles. The molecule has 1 atom stereocenters. The number of nitrogens with two attached hydrogens (primary N) is 1. The third kappa shape index (κ3) is 3.64. The van der Waals surface area contributed by atoms with Crippen molar-refractivity contribution in [1.29, 1.82) is 0 Å². The van der Waals surface area contributed by atoms with E-state index in [1.807, 2.05) is 0 Å². The third-order valence-electron chi connectivity index (χ3n) is 1.71. The van der Waals surface area contributed by atoms with Crippen LogP contribution in [0.25, 0.3) is 0 Å². The van der Waals surface area contributed by atoms with Gasteiger partial charge in [0, 0.05) is 0 Å². The van der Waals surface area contributed by atoms with Gasteiger partial charge in [-0.25, -0.2) is 0 Å². The van der Waals surface area contributed by atoms with Crippen LogP contribution < -0.4 is 5.73 Å². The first-order chi connectivity index (χ1) is 6.09. The Morgan fingerprint density at radius 2 is 1.86 bits per heavy atom. The van der Waals surface area contributed by atoms with Gasteiger partial charge in [-0.05, 0) is 24.1 Å². The summed E-state index contributed by atoms with van der Waals surface area (Å²) in [6, 6.07) is 5.42. The molecule has 0 aromatic heterocycles. The van der Waals surface area contributed by atoms with Gasteiger partial charge >= 0.3 is 5.97 Å². The van der Waals surface area contributed by atoms with Crippen LogP contribution in [0.3, 0.4) is 0 Å². The van der Waals surface area contributed by atoms with Gasteiger partial charge in [0.05, 0.1) is 0 Å². The lowest BCUT2D eigenvalue weighted by atomic mass is 10.1. The minimum atomic E-state index is -1.02. The van der Waals surface area contributed by atoms with Crippen molar-refractivity contribution in [3.05, 3.63) is 29.8 Å². The number of phenolic OH excluding ortho intramolecular Hbond substituents is 1. The number of carboxylic acid groups (broad SMARTS) is 1. The molecular formula is C9H12ClNO3. The van der Waals surface area contributed by atoms with E-state index < -0.39 is 12.0 Å². The van der Waals surface area contributed by atoms with Crippen molar-refractivity contribution < 1.29 is 15.0 Å². The highest BCUT2D eigenvalue weighted by molar-refractivity contribution is 5.85. The smallest absolute Gasteiger partial charge is 0.320 e. The van der Waals surface area contributed by atoms with Crippen molar-refractivity contribution in [2.24, 2.45) is 5.73 Å². The SMILES string of the molecule is Cl.N[C@@H](Cc1ccc(O)cc1)C(=O)O. The maximum atomic E-state index is 10.4. The summed E-state index contributed by atoms with van der Waals surface area (Å²) in [6.07, 6.45) is 0.273. The van der Waals surface area contributed by atoms with Crippen molar-refractivity contribution in [2.45, 2.75) is 12.5 Å². The molecule has 0 saturated carbocycles. The quantitative estimate of drug-likeness (QED) is 0.698. The molecule has 0 radical (unpaired) electrons. The fourth-order valence-electron chi connectivity index (χ4n) is 0.973. The minimum absolute atomic E-state index is 0. The normalized spacial score (nSPS) is 11.5. The fourth-order valence-corrected chi connectivity index (χ4v) is 0.973. The van der Waals surface area contributed by atoms with E-state index in [9.17, 15) is 4.79 Å². The molecule has 4 nitrogen and oxygen atoms in total. The summed E-state index contributed by atoms with van der Waals surface area (Å²) < 4.78 is 0. The molecule has 0 aliphatic heterocycles. The first-order valence-corrected chi connectivity index (χ1v) is 3.86. The second kappa shape index (κ2) is 5.47. The highest BCUT2D eigenvalue weighted by atomic mass is 35.5. The lowest BCUT2D eigenvalue weighted by Gasteiger charge is -2.05. The number of benzene rings is 1. The van der Waals surface area contributed by atoms with E-state index in [4.69, 9.17) is 15.9 Å². The van der Waals surface area contributed by atoms with E-state index in [1.54, 1.807) is 12.1 Å². The molecule has 1 aromatic rings. The lowest BCUT2D eigenvalue weighted by Crippen LogP contribution is -2.32. The van der Waals surface area contributed by atoms with Crippen LogP contribution in [0.15, 0.2) is 24.3 Å². The Labute approximate surface area is 87.8 Å². The molecule has 14 heavy (non-hydrogen) atoms. The molecule has 0 spiro atoms. The largest absolute Gasteiger partial charge is 0.508 e. The zero-order valence-electron chi connectivity index (χ0n) is 7.38. The molecule has 1 aromatic carbocycles. The number of carbonyl (C=O) groups is 1. The standard InChI is InChI=1S/C9H11NO3.ClH/c10-8(9(12)13)5-6-1-3-7(11)4-2-6;/h1-4,8,11H,5,10H2,(H,12,13);1H/t8-;/m0./s1. The van der Waals surface area contributed by atoms with Crippen LogP contribution >= 0.6 is 12.4 Å². The Morgan fingerprint density at radius 1 is 1.36 bits per heavy atom. The van der Waals surface area contributed by atoms with Gasteiger partial charge < -0.3 is 15.9 Å². The molecule has 78 valence electrons. The molecule has 0 unspecified atom stereocenters. The van der Waals surface area contributed by atoms with Gasteiger partial charge in [-0.1, -0.05) is 12.1 Å². The predicted octanol–water partition coefficient (Wildman–Crippen LogP) is 0.768. The topological polar surface area (TPSA) is 83.5 Å². The first-order valence-electron chi connectivity index (χ1n) is 3.86. The second-order valence-corrected chi connectivity index (χ2v) is 2.82. The van der Waals surface area contributed by atoms with Gasteiger partial charge in [0.15, 0.2) is 0 Å². The number of halogens is 1. The zero-order chi connectivity index (χ0) is 9.84. The van der Waals surface area contributed by atoms with Crippen LogP contribution in [0.2, 0.25) is 0 Å². The van der Waals surface area contributed by atoms with E-state index in [1.165, 1.54) is 12.1 Å². The number of hydrogen-bond acceptors (Lipinski definition) is 3. The van der Waals surface area contributed by atoms with Gasteiger partial charge in [-0.3, -0.25) is 4.79 Å². The molecule has 0 aliphatic carbocycles. The third-order valence-corrected chi connectivity index (χ3v) is 1.71. The number of phenols is 1. The molecule has 4 N–H and O–H groups in total. The minimum Gasteiger partial charge on any atom is -0.508 e. The van der Waals surface area contributed by atoms with Gasteiger partial charge in [-0.15, -0.1) is 12.4 Å².